The molecule has 5 N–H and O–H groups in total. The van der Waals surface area contributed by atoms with Gasteiger partial charge in [0.15, 0.2) is 11.6 Å². The summed E-state index contributed by atoms with van der Waals surface area (Å²) in [5.41, 5.74) is 6.61. The van der Waals surface area contributed by atoms with Crippen LogP contribution in [0, 0.1) is 17.1 Å². The van der Waals surface area contributed by atoms with Crippen LogP contribution in [0.25, 0.3) is 5.70 Å². The number of aliphatic hydroxyl groups excluding tert-OH is 1. The van der Waals surface area contributed by atoms with Gasteiger partial charge >= 0.3 is 6.36 Å². The topological polar surface area (TPSA) is 125 Å². The first-order valence-corrected chi connectivity index (χ1v) is 9.80. The molecule has 0 radical (unpaired) electrons. The highest BCUT2D eigenvalue weighted by atomic mass is 19.4. The van der Waals surface area contributed by atoms with Crippen molar-refractivity contribution in [2.45, 2.75) is 12.8 Å². The second-order valence-electron chi connectivity index (χ2n) is 7.31. The van der Waals surface area contributed by atoms with Crippen molar-refractivity contribution in [3.63, 3.8) is 0 Å². The van der Waals surface area contributed by atoms with Crippen LogP contribution in [0.2, 0.25) is 0 Å². The van der Waals surface area contributed by atoms with Crippen molar-refractivity contribution in [3.05, 3.63) is 53.5 Å². The van der Waals surface area contributed by atoms with Crippen LogP contribution in [-0.4, -0.2) is 48.3 Å². The third-order valence-electron chi connectivity index (χ3n) is 4.96. The number of pyridine rings is 1. The van der Waals surface area contributed by atoms with Crippen LogP contribution >= 0.6 is 0 Å². The van der Waals surface area contributed by atoms with E-state index in [1.807, 2.05) is 4.90 Å². The molecule has 33 heavy (non-hydrogen) atoms. The number of carbonyl (C=O) groups is 1. The van der Waals surface area contributed by atoms with E-state index < -0.39 is 23.8 Å². The van der Waals surface area contributed by atoms with Crippen molar-refractivity contribution in [1.82, 2.24) is 4.98 Å². The van der Waals surface area contributed by atoms with Crippen molar-refractivity contribution in [2.24, 2.45) is 11.7 Å². The maximum atomic E-state index is 13.9. The van der Waals surface area contributed by atoms with Gasteiger partial charge in [-0.3, -0.25) is 4.79 Å². The number of aromatic nitrogens is 1. The minimum absolute atomic E-state index is 0.0293. The molecule has 1 atom stereocenters. The summed E-state index contributed by atoms with van der Waals surface area (Å²) in [6.07, 6.45) is -0.689. The Morgan fingerprint density at radius 3 is 2.76 bits per heavy atom. The molecule has 1 aliphatic rings. The molecule has 176 valence electrons. The number of rotatable bonds is 7. The second kappa shape index (κ2) is 9.86. The molecule has 1 amide bonds. The Labute approximate surface area is 186 Å². The summed E-state index contributed by atoms with van der Waals surface area (Å²) in [5, 5.41) is 19.0. The first-order chi connectivity index (χ1) is 15.6. The standard InChI is InChI=1S/C21H21F4N5O3/c22-16-8-14(1-2-18(16)33-21(23,24)25)29-20(32)13-7-15(17(27)3-5-26)19(28-9-13)30-6-4-12(10-30)11-31/h1-3,5,7-9,12,26,31H,4,6,10-11,27H2,(H,29,32)/b17-3-,26-5?. The molecule has 1 fully saturated rings. The first kappa shape index (κ1) is 24.0. The number of nitrogens with one attached hydrogen (secondary N) is 2. The number of benzene rings is 1. The minimum Gasteiger partial charge on any atom is -0.403 e. The lowest BCUT2D eigenvalue weighted by atomic mass is 10.1. The predicted molar refractivity (Wildman–Crippen MR) is 114 cm³/mol. The molecular weight excluding hydrogens is 446 g/mol. The van der Waals surface area contributed by atoms with Gasteiger partial charge in [-0.25, -0.2) is 9.37 Å². The van der Waals surface area contributed by atoms with Gasteiger partial charge < -0.3 is 31.2 Å². The molecule has 0 spiro atoms. The zero-order valence-electron chi connectivity index (χ0n) is 17.2. The average Bonchev–Trinajstić information content (AvgIpc) is 3.24. The lowest BCUT2D eigenvalue weighted by Gasteiger charge is -2.21. The average molecular weight is 467 g/mol. The summed E-state index contributed by atoms with van der Waals surface area (Å²) >= 11 is 0. The van der Waals surface area contributed by atoms with E-state index in [4.69, 9.17) is 11.1 Å². The Kier molecular flexibility index (Phi) is 7.16. The number of ether oxygens (including phenoxy) is 1. The molecule has 2 aromatic rings. The van der Waals surface area contributed by atoms with Crippen LogP contribution in [-0.2, 0) is 0 Å². The molecule has 1 unspecified atom stereocenters. The summed E-state index contributed by atoms with van der Waals surface area (Å²) in [7, 11) is 0. The maximum Gasteiger partial charge on any atom is 0.573 e. The van der Waals surface area contributed by atoms with E-state index >= 15 is 0 Å². The maximum absolute atomic E-state index is 13.9. The molecule has 0 aliphatic carbocycles. The summed E-state index contributed by atoms with van der Waals surface area (Å²) in [6, 6.07) is 3.97. The quantitative estimate of drug-likeness (QED) is 0.366. The number of carbonyl (C=O) groups excluding carboxylic acids is 1. The van der Waals surface area contributed by atoms with E-state index in [-0.39, 0.29) is 29.5 Å². The first-order valence-electron chi connectivity index (χ1n) is 9.80. The highest BCUT2D eigenvalue weighted by Crippen LogP contribution is 2.30. The Morgan fingerprint density at radius 2 is 2.15 bits per heavy atom. The van der Waals surface area contributed by atoms with Crippen LogP contribution in [0.3, 0.4) is 0 Å². The zero-order chi connectivity index (χ0) is 24.2. The fourth-order valence-corrected chi connectivity index (χ4v) is 3.39. The van der Waals surface area contributed by atoms with Gasteiger partial charge in [0.2, 0.25) is 0 Å². The van der Waals surface area contributed by atoms with E-state index in [1.165, 1.54) is 18.3 Å². The molecular formula is C21H21F4N5O3. The van der Waals surface area contributed by atoms with Gasteiger partial charge in [0, 0.05) is 61.0 Å². The fourth-order valence-electron chi connectivity index (χ4n) is 3.39. The lowest BCUT2D eigenvalue weighted by molar-refractivity contribution is -0.275. The molecule has 0 saturated carbocycles. The van der Waals surface area contributed by atoms with Crippen molar-refractivity contribution in [1.29, 1.82) is 5.41 Å². The van der Waals surface area contributed by atoms with Crippen molar-refractivity contribution < 1.29 is 32.2 Å². The van der Waals surface area contributed by atoms with Gasteiger partial charge in [-0.05, 0) is 30.7 Å². The largest absolute Gasteiger partial charge is 0.573 e. The number of allylic oxidation sites excluding steroid dienone is 1. The van der Waals surface area contributed by atoms with E-state index in [1.54, 1.807) is 0 Å². The summed E-state index contributed by atoms with van der Waals surface area (Å²) < 4.78 is 54.3. The van der Waals surface area contributed by atoms with Crippen LogP contribution < -0.4 is 20.7 Å². The Bertz CT molecular complexity index is 1070. The van der Waals surface area contributed by atoms with Gasteiger partial charge in [0.05, 0.1) is 5.56 Å². The minimum atomic E-state index is -5.05. The monoisotopic (exact) mass is 467 g/mol. The van der Waals surface area contributed by atoms with Crippen molar-refractivity contribution in [2.75, 3.05) is 29.9 Å². The summed E-state index contributed by atoms with van der Waals surface area (Å²) in [4.78, 5) is 18.9. The number of nitrogens with two attached hydrogens (primary N) is 1. The van der Waals surface area contributed by atoms with Gasteiger partial charge in [0.1, 0.15) is 5.82 Å². The molecule has 1 aromatic heterocycles. The smallest absolute Gasteiger partial charge is 0.403 e. The third kappa shape index (κ3) is 5.98. The van der Waals surface area contributed by atoms with Crippen LogP contribution in [0.1, 0.15) is 22.3 Å². The highest BCUT2D eigenvalue weighted by molar-refractivity contribution is 6.05. The predicted octanol–water partition coefficient (Wildman–Crippen LogP) is 3.14. The highest BCUT2D eigenvalue weighted by Gasteiger charge is 2.32. The van der Waals surface area contributed by atoms with Gasteiger partial charge in [-0.2, -0.15) is 0 Å². The number of aliphatic hydroxyl groups is 1. The number of halogens is 4. The fraction of sp³-hybridized carbons (Fsp3) is 0.286. The number of hydrogen-bond acceptors (Lipinski definition) is 7. The van der Waals surface area contributed by atoms with Crippen molar-refractivity contribution in [3.8, 4) is 5.75 Å². The Morgan fingerprint density at radius 1 is 1.39 bits per heavy atom. The molecule has 1 aromatic carbocycles. The SMILES string of the molecule is N=C/C=C(\N)c1cc(C(=O)Nc2ccc(OC(F)(F)F)c(F)c2)cnc1N1CCC(CO)C1. The molecule has 3 rings (SSSR count). The van der Waals surface area contributed by atoms with Gasteiger partial charge in [-0.15, -0.1) is 13.2 Å². The molecule has 1 aliphatic heterocycles. The zero-order valence-corrected chi connectivity index (χ0v) is 17.2. The number of nitrogens with zero attached hydrogens (tertiary/aromatic N) is 2. The van der Waals surface area contributed by atoms with Crippen LogP contribution in [0.5, 0.6) is 5.75 Å². The third-order valence-corrected chi connectivity index (χ3v) is 4.96. The normalized spacial score (nSPS) is 16.6. The van der Waals surface area contributed by atoms with Crippen molar-refractivity contribution >= 4 is 29.3 Å². The summed E-state index contributed by atoms with van der Waals surface area (Å²) in [6.45, 7) is 1.20. The second-order valence-corrected chi connectivity index (χ2v) is 7.31. The molecule has 1 saturated heterocycles. The van der Waals surface area contributed by atoms with Gasteiger partial charge in [-0.1, -0.05) is 0 Å². The number of anilines is 2. The number of hydrogen-bond donors (Lipinski definition) is 4. The van der Waals surface area contributed by atoms with E-state index in [0.717, 1.165) is 24.8 Å². The molecule has 12 heteroatoms. The molecule has 0 bridgehead atoms. The van der Waals surface area contributed by atoms with E-state index in [2.05, 4.69) is 15.0 Å². The molecule has 2 heterocycles. The number of alkyl halides is 3. The van der Waals surface area contributed by atoms with E-state index in [9.17, 15) is 27.5 Å². The Hall–Kier alpha value is -3.67. The van der Waals surface area contributed by atoms with Crippen LogP contribution in [0.15, 0.2) is 36.5 Å². The number of amides is 1. The van der Waals surface area contributed by atoms with Gasteiger partial charge in [0.25, 0.3) is 5.91 Å². The molecule has 8 nitrogen and oxygen atoms in total. The summed E-state index contributed by atoms with van der Waals surface area (Å²) in [5.74, 6) is -2.46. The van der Waals surface area contributed by atoms with Crippen LogP contribution in [0.4, 0.5) is 29.1 Å². The lowest BCUT2D eigenvalue weighted by Crippen LogP contribution is -2.24. The Balaban J connectivity index is 1.85. The van der Waals surface area contributed by atoms with E-state index in [0.29, 0.717) is 30.5 Å².